The first-order valence-electron chi connectivity index (χ1n) is 5.99. The standard InChI is InChI=1S/C15H14O2/c16-13-10-15(11-6-2-1-3-7-11)17-14-9-5-4-8-12(13)14/h1-2,4-6,8-9,15H,3,7,10H2. The second-order valence-corrected chi connectivity index (χ2v) is 4.44. The SMILES string of the molecule is O=C1CC(C2=CC=CCC2)Oc2ccccc21. The molecule has 0 amide bonds. The molecule has 1 atom stereocenters. The van der Waals surface area contributed by atoms with Crippen molar-refractivity contribution in [3.8, 4) is 5.75 Å². The molecule has 2 heteroatoms. The number of rotatable bonds is 1. The molecule has 2 aliphatic rings. The van der Waals surface area contributed by atoms with E-state index in [0.717, 1.165) is 24.2 Å². The minimum Gasteiger partial charge on any atom is -0.485 e. The lowest BCUT2D eigenvalue weighted by Gasteiger charge is -2.27. The molecule has 1 aromatic carbocycles. The second-order valence-electron chi connectivity index (χ2n) is 4.44. The Morgan fingerprint density at radius 1 is 1.24 bits per heavy atom. The van der Waals surface area contributed by atoms with Gasteiger partial charge in [-0.25, -0.2) is 0 Å². The van der Waals surface area contributed by atoms with Crippen LogP contribution in [0.1, 0.15) is 29.6 Å². The zero-order valence-electron chi connectivity index (χ0n) is 9.56. The summed E-state index contributed by atoms with van der Waals surface area (Å²) in [4.78, 5) is 12.0. The van der Waals surface area contributed by atoms with E-state index >= 15 is 0 Å². The zero-order chi connectivity index (χ0) is 11.7. The third-order valence-corrected chi connectivity index (χ3v) is 3.29. The fourth-order valence-electron chi connectivity index (χ4n) is 2.37. The molecule has 0 spiro atoms. The third kappa shape index (κ3) is 1.91. The number of carbonyl (C=O) groups is 1. The maximum Gasteiger partial charge on any atom is 0.170 e. The maximum absolute atomic E-state index is 12.0. The van der Waals surface area contributed by atoms with Gasteiger partial charge in [-0.1, -0.05) is 30.4 Å². The molecule has 0 saturated heterocycles. The minimum atomic E-state index is -0.0673. The van der Waals surface area contributed by atoms with Crippen molar-refractivity contribution in [3.05, 3.63) is 53.6 Å². The van der Waals surface area contributed by atoms with Crippen molar-refractivity contribution in [2.75, 3.05) is 0 Å². The van der Waals surface area contributed by atoms with Crippen LogP contribution in [0, 0.1) is 0 Å². The first-order valence-corrected chi connectivity index (χ1v) is 5.99. The highest BCUT2D eigenvalue weighted by atomic mass is 16.5. The highest BCUT2D eigenvalue weighted by Gasteiger charge is 2.28. The first kappa shape index (κ1) is 10.3. The monoisotopic (exact) mass is 226 g/mol. The summed E-state index contributed by atoms with van der Waals surface area (Å²) in [7, 11) is 0. The van der Waals surface area contributed by atoms with Crippen molar-refractivity contribution in [2.24, 2.45) is 0 Å². The molecular formula is C15H14O2. The molecule has 0 N–H and O–H groups in total. The van der Waals surface area contributed by atoms with Gasteiger partial charge in [0.2, 0.25) is 0 Å². The number of Topliss-reactive ketones (excluding diaryl/α,β-unsaturated/α-hetero) is 1. The Morgan fingerprint density at radius 2 is 2.12 bits per heavy atom. The Morgan fingerprint density at radius 3 is 2.94 bits per heavy atom. The van der Waals surface area contributed by atoms with Crippen LogP contribution in [0.5, 0.6) is 5.75 Å². The van der Waals surface area contributed by atoms with Gasteiger partial charge in [0.05, 0.1) is 12.0 Å². The fraction of sp³-hybridized carbons (Fsp3) is 0.267. The topological polar surface area (TPSA) is 26.3 Å². The lowest BCUT2D eigenvalue weighted by atomic mass is 9.92. The van der Waals surface area contributed by atoms with Gasteiger partial charge >= 0.3 is 0 Å². The van der Waals surface area contributed by atoms with E-state index in [0.29, 0.717) is 6.42 Å². The van der Waals surface area contributed by atoms with Crippen LogP contribution in [0.2, 0.25) is 0 Å². The van der Waals surface area contributed by atoms with Gasteiger partial charge in [-0.2, -0.15) is 0 Å². The maximum atomic E-state index is 12.0. The predicted molar refractivity (Wildman–Crippen MR) is 66.3 cm³/mol. The Labute approximate surface area is 101 Å². The quantitative estimate of drug-likeness (QED) is 0.734. The zero-order valence-corrected chi connectivity index (χ0v) is 9.56. The van der Waals surface area contributed by atoms with Crippen molar-refractivity contribution < 1.29 is 9.53 Å². The van der Waals surface area contributed by atoms with Crippen molar-refractivity contribution in [1.29, 1.82) is 0 Å². The van der Waals surface area contributed by atoms with Crippen molar-refractivity contribution in [3.63, 3.8) is 0 Å². The number of fused-ring (bicyclic) bond motifs is 1. The van der Waals surface area contributed by atoms with Crippen LogP contribution in [0.15, 0.2) is 48.1 Å². The van der Waals surface area contributed by atoms with Gasteiger partial charge in [0, 0.05) is 0 Å². The number of hydrogen-bond acceptors (Lipinski definition) is 2. The van der Waals surface area contributed by atoms with Crippen LogP contribution in [0.4, 0.5) is 0 Å². The number of hydrogen-bond donors (Lipinski definition) is 0. The van der Waals surface area contributed by atoms with Crippen LogP contribution >= 0.6 is 0 Å². The van der Waals surface area contributed by atoms with E-state index in [1.807, 2.05) is 30.3 Å². The molecule has 0 bridgehead atoms. The molecule has 1 aliphatic carbocycles. The molecule has 1 aliphatic heterocycles. The fourth-order valence-corrected chi connectivity index (χ4v) is 2.37. The van der Waals surface area contributed by atoms with E-state index in [-0.39, 0.29) is 11.9 Å². The largest absolute Gasteiger partial charge is 0.485 e. The van der Waals surface area contributed by atoms with Gasteiger partial charge in [-0.3, -0.25) is 4.79 Å². The molecular weight excluding hydrogens is 212 g/mol. The number of ketones is 1. The van der Waals surface area contributed by atoms with Crippen LogP contribution in [-0.4, -0.2) is 11.9 Å². The van der Waals surface area contributed by atoms with E-state index < -0.39 is 0 Å². The van der Waals surface area contributed by atoms with Crippen LogP contribution < -0.4 is 4.74 Å². The minimum absolute atomic E-state index is 0.0673. The average molecular weight is 226 g/mol. The molecule has 3 rings (SSSR count). The van der Waals surface area contributed by atoms with E-state index in [9.17, 15) is 4.79 Å². The summed E-state index contributed by atoms with van der Waals surface area (Å²) in [5.74, 6) is 0.913. The summed E-state index contributed by atoms with van der Waals surface area (Å²) >= 11 is 0. The molecule has 0 aromatic heterocycles. The number of benzene rings is 1. The third-order valence-electron chi connectivity index (χ3n) is 3.29. The lowest BCUT2D eigenvalue weighted by molar-refractivity contribution is 0.0882. The molecule has 86 valence electrons. The van der Waals surface area contributed by atoms with Gasteiger partial charge in [-0.15, -0.1) is 0 Å². The van der Waals surface area contributed by atoms with Crippen molar-refractivity contribution >= 4 is 5.78 Å². The number of carbonyl (C=O) groups excluding carboxylic acids is 1. The van der Waals surface area contributed by atoms with E-state index in [1.54, 1.807) is 0 Å². The van der Waals surface area contributed by atoms with Crippen molar-refractivity contribution in [1.82, 2.24) is 0 Å². The highest BCUT2D eigenvalue weighted by molar-refractivity contribution is 6.00. The molecule has 0 fully saturated rings. The summed E-state index contributed by atoms with van der Waals surface area (Å²) in [5, 5.41) is 0. The van der Waals surface area contributed by atoms with E-state index in [4.69, 9.17) is 4.74 Å². The molecule has 17 heavy (non-hydrogen) atoms. The van der Waals surface area contributed by atoms with Gasteiger partial charge < -0.3 is 4.74 Å². The molecule has 1 aromatic rings. The summed E-state index contributed by atoms with van der Waals surface area (Å²) < 4.78 is 5.92. The van der Waals surface area contributed by atoms with Crippen LogP contribution in [-0.2, 0) is 0 Å². The Kier molecular flexibility index (Phi) is 2.56. The average Bonchev–Trinajstić information content (AvgIpc) is 2.40. The highest BCUT2D eigenvalue weighted by Crippen LogP contribution is 2.31. The van der Waals surface area contributed by atoms with E-state index in [2.05, 4.69) is 12.2 Å². The second kappa shape index (κ2) is 4.21. The Hall–Kier alpha value is -1.83. The summed E-state index contributed by atoms with van der Waals surface area (Å²) in [6.07, 6.45) is 8.71. The molecule has 2 nitrogen and oxygen atoms in total. The van der Waals surface area contributed by atoms with E-state index in [1.165, 1.54) is 5.57 Å². The Balaban J connectivity index is 1.91. The molecule has 0 saturated carbocycles. The van der Waals surface area contributed by atoms with Crippen LogP contribution in [0.25, 0.3) is 0 Å². The van der Waals surface area contributed by atoms with Gasteiger partial charge in [0.1, 0.15) is 11.9 Å². The lowest BCUT2D eigenvalue weighted by Crippen LogP contribution is -2.29. The number of para-hydroxylation sites is 1. The predicted octanol–water partition coefficient (Wildman–Crippen LogP) is 3.30. The van der Waals surface area contributed by atoms with Gasteiger partial charge in [0.25, 0.3) is 0 Å². The smallest absolute Gasteiger partial charge is 0.170 e. The van der Waals surface area contributed by atoms with Gasteiger partial charge in [0.15, 0.2) is 5.78 Å². The first-order chi connectivity index (χ1) is 8.34. The summed E-state index contributed by atoms with van der Waals surface area (Å²) in [5.41, 5.74) is 1.95. The molecule has 1 heterocycles. The Bertz CT molecular complexity index is 511. The molecule has 0 radical (unpaired) electrons. The number of ether oxygens (including phenoxy) is 1. The summed E-state index contributed by atoms with van der Waals surface area (Å²) in [6, 6.07) is 7.49. The molecule has 1 unspecified atom stereocenters. The van der Waals surface area contributed by atoms with Crippen molar-refractivity contribution in [2.45, 2.75) is 25.4 Å². The summed E-state index contributed by atoms with van der Waals surface area (Å²) in [6.45, 7) is 0. The van der Waals surface area contributed by atoms with Gasteiger partial charge in [-0.05, 0) is 30.5 Å². The van der Waals surface area contributed by atoms with Crippen LogP contribution in [0.3, 0.4) is 0 Å². The normalized spacial score (nSPS) is 22.7. The number of allylic oxidation sites excluding steroid dienone is 3.